The molecule has 0 amide bonds. The van der Waals surface area contributed by atoms with Crippen molar-refractivity contribution in [3.05, 3.63) is 124 Å². The highest BCUT2D eigenvalue weighted by molar-refractivity contribution is 6.33. The van der Waals surface area contributed by atoms with Crippen LogP contribution >= 0.6 is 11.6 Å². The van der Waals surface area contributed by atoms with E-state index in [1.54, 1.807) is 48.5 Å². The van der Waals surface area contributed by atoms with Crippen LogP contribution in [0.4, 0.5) is 0 Å². The maximum Gasteiger partial charge on any atom is 0.363 e. The predicted molar refractivity (Wildman–Crippen MR) is 142 cm³/mol. The number of ether oxygens (including phenoxy) is 3. The molecule has 7 heteroatoms. The standard InChI is InChI=1S/C30H20ClNO5/c1-35-27-18-19(11-16-26(27)36-29(33)23-9-5-6-10-24(23)31)17-25-30(34)37-28(32-25)22-14-12-21(13-15-22)20-7-3-2-4-8-20/h2-18H,1H3/b25-17-. The van der Waals surface area contributed by atoms with E-state index in [4.69, 9.17) is 25.8 Å². The van der Waals surface area contributed by atoms with Crippen molar-refractivity contribution in [1.29, 1.82) is 0 Å². The summed E-state index contributed by atoms with van der Waals surface area (Å²) in [6.45, 7) is 0. The van der Waals surface area contributed by atoms with E-state index in [0.717, 1.165) is 11.1 Å². The molecule has 0 saturated carbocycles. The Kier molecular flexibility index (Phi) is 6.83. The number of carbonyl (C=O) groups is 2. The lowest BCUT2D eigenvalue weighted by Crippen LogP contribution is -2.09. The Labute approximate surface area is 218 Å². The van der Waals surface area contributed by atoms with Gasteiger partial charge in [0.25, 0.3) is 0 Å². The van der Waals surface area contributed by atoms with Crippen LogP contribution in [0.5, 0.6) is 11.5 Å². The summed E-state index contributed by atoms with van der Waals surface area (Å²) < 4.78 is 16.3. The van der Waals surface area contributed by atoms with Crippen molar-refractivity contribution in [2.45, 2.75) is 0 Å². The van der Waals surface area contributed by atoms with Crippen LogP contribution in [0.3, 0.4) is 0 Å². The summed E-state index contributed by atoms with van der Waals surface area (Å²) in [5.41, 5.74) is 3.83. The summed E-state index contributed by atoms with van der Waals surface area (Å²) in [6, 6.07) is 29.1. The zero-order valence-electron chi connectivity index (χ0n) is 19.7. The third-order valence-corrected chi connectivity index (χ3v) is 5.98. The third-order valence-electron chi connectivity index (χ3n) is 5.65. The molecule has 0 fully saturated rings. The Morgan fingerprint density at radius 3 is 2.24 bits per heavy atom. The van der Waals surface area contributed by atoms with E-state index in [-0.39, 0.29) is 27.9 Å². The van der Waals surface area contributed by atoms with E-state index in [0.29, 0.717) is 16.9 Å². The summed E-state index contributed by atoms with van der Waals surface area (Å²) in [6.07, 6.45) is 1.58. The average Bonchev–Trinajstić information content (AvgIpc) is 3.30. The monoisotopic (exact) mass is 509 g/mol. The lowest BCUT2D eigenvalue weighted by Gasteiger charge is -2.10. The fourth-order valence-electron chi connectivity index (χ4n) is 3.77. The number of aliphatic imine (C=N–C) groups is 1. The summed E-state index contributed by atoms with van der Waals surface area (Å²) in [5, 5.41) is 0.288. The highest BCUT2D eigenvalue weighted by Gasteiger charge is 2.24. The first-order valence-electron chi connectivity index (χ1n) is 11.3. The third kappa shape index (κ3) is 5.29. The molecule has 1 aliphatic rings. The van der Waals surface area contributed by atoms with E-state index in [1.165, 1.54) is 7.11 Å². The van der Waals surface area contributed by atoms with Crippen LogP contribution < -0.4 is 9.47 Å². The van der Waals surface area contributed by atoms with Gasteiger partial charge < -0.3 is 14.2 Å². The normalized spacial score (nSPS) is 13.7. The van der Waals surface area contributed by atoms with Gasteiger partial charge in [-0.05, 0) is 59.2 Å². The Hall–Kier alpha value is -4.68. The first kappa shape index (κ1) is 24.0. The van der Waals surface area contributed by atoms with Crippen molar-refractivity contribution in [3.8, 4) is 22.6 Å². The zero-order chi connectivity index (χ0) is 25.8. The molecule has 0 saturated heterocycles. The van der Waals surface area contributed by atoms with Crippen molar-refractivity contribution in [1.82, 2.24) is 0 Å². The molecule has 0 radical (unpaired) electrons. The molecule has 0 N–H and O–H groups in total. The van der Waals surface area contributed by atoms with Gasteiger partial charge >= 0.3 is 11.9 Å². The molecule has 1 aliphatic heterocycles. The van der Waals surface area contributed by atoms with Gasteiger partial charge in [0.1, 0.15) is 0 Å². The largest absolute Gasteiger partial charge is 0.493 e. The summed E-state index contributed by atoms with van der Waals surface area (Å²) in [7, 11) is 1.46. The first-order valence-corrected chi connectivity index (χ1v) is 11.7. The molecule has 5 rings (SSSR count). The van der Waals surface area contributed by atoms with Gasteiger partial charge in [-0.15, -0.1) is 0 Å². The number of hydrogen-bond donors (Lipinski definition) is 0. The fraction of sp³-hybridized carbons (Fsp3) is 0.0333. The second kappa shape index (κ2) is 10.5. The number of hydrogen-bond acceptors (Lipinski definition) is 6. The number of cyclic esters (lactones) is 1. The molecule has 0 spiro atoms. The van der Waals surface area contributed by atoms with Crippen LogP contribution in [0.25, 0.3) is 17.2 Å². The molecular weight excluding hydrogens is 490 g/mol. The van der Waals surface area contributed by atoms with Gasteiger partial charge in [0.2, 0.25) is 5.90 Å². The smallest absolute Gasteiger partial charge is 0.363 e. The Balaban J connectivity index is 1.36. The van der Waals surface area contributed by atoms with E-state index in [9.17, 15) is 9.59 Å². The van der Waals surface area contributed by atoms with Crippen molar-refractivity contribution in [2.24, 2.45) is 4.99 Å². The van der Waals surface area contributed by atoms with E-state index in [2.05, 4.69) is 4.99 Å². The second-order valence-corrected chi connectivity index (χ2v) is 8.47. The van der Waals surface area contributed by atoms with Gasteiger partial charge in [-0.25, -0.2) is 14.6 Å². The zero-order valence-corrected chi connectivity index (χ0v) is 20.4. The Morgan fingerprint density at radius 1 is 0.838 bits per heavy atom. The molecular formula is C30H20ClNO5. The number of carbonyl (C=O) groups excluding carboxylic acids is 2. The minimum absolute atomic E-state index is 0.144. The maximum absolute atomic E-state index is 12.5. The summed E-state index contributed by atoms with van der Waals surface area (Å²) in [5.74, 6) is -0.418. The lowest BCUT2D eigenvalue weighted by atomic mass is 10.0. The SMILES string of the molecule is COc1cc(/C=C2\N=C(c3ccc(-c4ccccc4)cc3)OC2=O)ccc1OC(=O)c1ccccc1Cl. The van der Waals surface area contributed by atoms with Crippen LogP contribution in [0.15, 0.2) is 108 Å². The lowest BCUT2D eigenvalue weighted by molar-refractivity contribution is -0.129. The van der Waals surface area contributed by atoms with Crippen LogP contribution in [0, 0.1) is 0 Å². The van der Waals surface area contributed by atoms with Crippen LogP contribution in [0.1, 0.15) is 21.5 Å². The second-order valence-electron chi connectivity index (χ2n) is 8.06. The molecule has 0 aliphatic carbocycles. The molecule has 6 nitrogen and oxygen atoms in total. The van der Waals surface area contributed by atoms with Crippen molar-refractivity contribution in [2.75, 3.05) is 7.11 Å². The van der Waals surface area contributed by atoms with E-state index < -0.39 is 11.9 Å². The minimum Gasteiger partial charge on any atom is -0.493 e. The summed E-state index contributed by atoms with van der Waals surface area (Å²) in [4.78, 5) is 29.4. The fourth-order valence-corrected chi connectivity index (χ4v) is 3.98. The van der Waals surface area contributed by atoms with Crippen molar-refractivity contribution in [3.63, 3.8) is 0 Å². The topological polar surface area (TPSA) is 74.2 Å². The highest BCUT2D eigenvalue weighted by Crippen LogP contribution is 2.31. The number of nitrogens with zero attached hydrogens (tertiary/aromatic N) is 1. The molecule has 4 aromatic rings. The van der Waals surface area contributed by atoms with E-state index >= 15 is 0 Å². The van der Waals surface area contributed by atoms with Crippen LogP contribution in [-0.4, -0.2) is 24.9 Å². The summed E-state index contributed by atoms with van der Waals surface area (Å²) >= 11 is 6.09. The number of benzene rings is 4. The first-order chi connectivity index (χ1) is 18.0. The van der Waals surface area contributed by atoms with Gasteiger partial charge in [0, 0.05) is 5.56 Å². The van der Waals surface area contributed by atoms with Crippen LogP contribution in [0.2, 0.25) is 5.02 Å². The molecule has 182 valence electrons. The molecule has 4 aromatic carbocycles. The number of halogens is 1. The Morgan fingerprint density at radius 2 is 1.51 bits per heavy atom. The molecule has 1 heterocycles. The Bertz CT molecular complexity index is 1540. The predicted octanol–water partition coefficient (Wildman–Crippen LogP) is 6.58. The molecule has 0 aromatic heterocycles. The average molecular weight is 510 g/mol. The number of esters is 2. The maximum atomic E-state index is 12.5. The van der Waals surface area contributed by atoms with E-state index in [1.807, 2.05) is 54.6 Å². The quantitative estimate of drug-likeness (QED) is 0.167. The van der Waals surface area contributed by atoms with Gasteiger partial charge in [0.05, 0.1) is 17.7 Å². The minimum atomic E-state index is -0.609. The van der Waals surface area contributed by atoms with Gasteiger partial charge in [-0.2, -0.15) is 0 Å². The molecule has 0 bridgehead atoms. The van der Waals surface area contributed by atoms with Crippen molar-refractivity contribution < 1.29 is 23.8 Å². The van der Waals surface area contributed by atoms with Gasteiger partial charge in [0.15, 0.2) is 17.2 Å². The van der Waals surface area contributed by atoms with Gasteiger partial charge in [-0.1, -0.05) is 72.3 Å². The molecule has 0 atom stereocenters. The van der Waals surface area contributed by atoms with Gasteiger partial charge in [-0.3, -0.25) is 0 Å². The highest BCUT2D eigenvalue weighted by atomic mass is 35.5. The van der Waals surface area contributed by atoms with Crippen LogP contribution in [-0.2, 0) is 9.53 Å². The molecule has 0 unspecified atom stereocenters. The number of methoxy groups -OCH3 is 1. The molecule has 37 heavy (non-hydrogen) atoms. The van der Waals surface area contributed by atoms with Crippen molar-refractivity contribution >= 4 is 35.5 Å². The number of rotatable bonds is 6.